The average Bonchev–Trinajstić information content (AvgIpc) is 2.27. The van der Waals surface area contributed by atoms with Gasteiger partial charge in [0.15, 0.2) is 0 Å². The third-order valence-electron chi connectivity index (χ3n) is 3.64. The lowest BCUT2D eigenvalue weighted by Gasteiger charge is -2.34. The van der Waals surface area contributed by atoms with E-state index in [1.807, 2.05) is 0 Å². The molecule has 2 nitrogen and oxygen atoms in total. The average molecular weight is 183 g/mol. The zero-order valence-corrected chi connectivity index (χ0v) is 8.67. The Morgan fingerprint density at radius 3 is 2.77 bits per heavy atom. The van der Waals surface area contributed by atoms with Gasteiger partial charge in [-0.1, -0.05) is 26.2 Å². The smallest absolute Gasteiger partial charge is 0.0593 e. The zero-order valence-electron chi connectivity index (χ0n) is 8.67. The van der Waals surface area contributed by atoms with Crippen LogP contribution in [0.25, 0.3) is 0 Å². The van der Waals surface area contributed by atoms with Crippen molar-refractivity contribution in [3.8, 4) is 0 Å². The molecule has 1 aliphatic heterocycles. The molecule has 2 fully saturated rings. The van der Waals surface area contributed by atoms with Gasteiger partial charge in [0.05, 0.1) is 13.2 Å². The molecule has 1 saturated heterocycles. The second-order valence-corrected chi connectivity index (χ2v) is 4.42. The fraction of sp³-hybridized carbons (Fsp3) is 1.00. The van der Waals surface area contributed by atoms with Gasteiger partial charge in [-0.3, -0.25) is 0 Å². The Labute approximate surface area is 81.3 Å². The van der Waals surface area contributed by atoms with Crippen LogP contribution in [0.4, 0.5) is 0 Å². The van der Waals surface area contributed by atoms with Gasteiger partial charge in [-0.05, 0) is 18.4 Å². The number of likely N-dealkylation sites (N-methyl/N-ethyl adjacent to an activating group) is 1. The van der Waals surface area contributed by atoms with Crippen LogP contribution in [-0.2, 0) is 4.74 Å². The Bertz CT molecular complexity index is 156. The molecule has 76 valence electrons. The third-order valence-corrected chi connectivity index (χ3v) is 3.64. The van der Waals surface area contributed by atoms with Crippen LogP contribution in [0.2, 0.25) is 0 Å². The molecule has 0 N–H and O–H groups in total. The first-order valence-corrected chi connectivity index (χ1v) is 5.70. The molecule has 0 bridgehead atoms. The maximum Gasteiger partial charge on any atom is 0.0593 e. The van der Waals surface area contributed by atoms with E-state index in [1.54, 1.807) is 0 Å². The monoisotopic (exact) mass is 183 g/mol. The minimum absolute atomic E-state index is 0.830. The maximum atomic E-state index is 5.65. The van der Waals surface area contributed by atoms with Crippen LogP contribution in [0.1, 0.15) is 26.2 Å². The molecule has 1 heterocycles. The van der Waals surface area contributed by atoms with E-state index in [0.717, 1.165) is 31.6 Å². The molecule has 0 aromatic carbocycles. The van der Waals surface area contributed by atoms with Crippen molar-refractivity contribution in [3.63, 3.8) is 0 Å². The van der Waals surface area contributed by atoms with Crippen molar-refractivity contribution in [2.45, 2.75) is 26.2 Å². The molecule has 2 aliphatic rings. The van der Waals surface area contributed by atoms with E-state index >= 15 is 0 Å². The number of rotatable bonds is 2. The van der Waals surface area contributed by atoms with E-state index in [0.29, 0.717) is 0 Å². The topological polar surface area (TPSA) is 12.5 Å². The van der Waals surface area contributed by atoms with Crippen molar-refractivity contribution in [2.75, 3.05) is 32.8 Å². The summed E-state index contributed by atoms with van der Waals surface area (Å²) in [6.45, 7) is 7.81. The first-order chi connectivity index (χ1) is 6.40. The maximum absolute atomic E-state index is 5.65. The molecule has 1 aliphatic carbocycles. The highest BCUT2D eigenvalue weighted by Crippen LogP contribution is 2.34. The first kappa shape index (κ1) is 9.47. The SMILES string of the molecule is CCN1CCOCC(C2CCC2)C1. The minimum Gasteiger partial charge on any atom is -0.380 e. The van der Waals surface area contributed by atoms with Gasteiger partial charge in [0.25, 0.3) is 0 Å². The van der Waals surface area contributed by atoms with Crippen LogP contribution in [0.3, 0.4) is 0 Å². The summed E-state index contributed by atoms with van der Waals surface area (Å²) in [6.07, 6.45) is 4.35. The summed E-state index contributed by atoms with van der Waals surface area (Å²) in [5.41, 5.74) is 0. The zero-order chi connectivity index (χ0) is 9.10. The summed E-state index contributed by atoms with van der Waals surface area (Å²) >= 11 is 0. The molecule has 1 atom stereocenters. The lowest BCUT2D eigenvalue weighted by Crippen LogP contribution is -2.35. The molecule has 1 saturated carbocycles. The largest absolute Gasteiger partial charge is 0.380 e. The quantitative estimate of drug-likeness (QED) is 0.647. The van der Waals surface area contributed by atoms with E-state index < -0.39 is 0 Å². The van der Waals surface area contributed by atoms with E-state index in [9.17, 15) is 0 Å². The molecule has 2 rings (SSSR count). The summed E-state index contributed by atoms with van der Waals surface area (Å²) in [7, 11) is 0. The first-order valence-electron chi connectivity index (χ1n) is 5.70. The van der Waals surface area contributed by atoms with Gasteiger partial charge in [-0.2, -0.15) is 0 Å². The minimum atomic E-state index is 0.830. The van der Waals surface area contributed by atoms with Gasteiger partial charge in [0, 0.05) is 13.1 Å². The number of nitrogens with zero attached hydrogens (tertiary/aromatic N) is 1. The molecule has 0 amide bonds. The van der Waals surface area contributed by atoms with Crippen LogP contribution in [-0.4, -0.2) is 37.7 Å². The third kappa shape index (κ3) is 2.23. The van der Waals surface area contributed by atoms with Crippen molar-refractivity contribution in [2.24, 2.45) is 11.8 Å². The second kappa shape index (κ2) is 4.43. The summed E-state index contributed by atoms with van der Waals surface area (Å²) in [6, 6.07) is 0. The Kier molecular flexibility index (Phi) is 3.23. The Balaban J connectivity index is 1.85. The van der Waals surface area contributed by atoms with Crippen molar-refractivity contribution < 1.29 is 4.74 Å². The lowest BCUT2D eigenvalue weighted by atomic mass is 9.76. The highest BCUT2D eigenvalue weighted by atomic mass is 16.5. The Morgan fingerprint density at radius 1 is 1.31 bits per heavy atom. The molecule has 0 aromatic rings. The number of hydrogen-bond acceptors (Lipinski definition) is 2. The molecule has 13 heavy (non-hydrogen) atoms. The van der Waals surface area contributed by atoms with Gasteiger partial charge in [-0.15, -0.1) is 0 Å². The fourth-order valence-corrected chi connectivity index (χ4v) is 2.39. The molecule has 0 radical (unpaired) electrons. The van der Waals surface area contributed by atoms with Crippen molar-refractivity contribution in [1.82, 2.24) is 4.90 Å². The Morgan fingerprint density at radius 2 is 2.15 bits per heavy atom. The molecular weight excluding hydrogens is 162 g/mol. The lowest BCUT2D eigenvalue weighted by molar-refractivity contribution is 0.0772. The number of ether oxygens (including phenoxy) is 1. The van der Waals surface area contributed by atoms with Gasteiger partial charge in [-0.25, -0.2) is 0 Å². The highest BCUT2D eigenvalue weighted by Gasteiger charge is 2.29. The molecule has 2 heteroatoms. The molecule has 0 aromatic heterocycles. The molecular formula is C11H21NO. The number of hydrogen-bond donors (Lipinski definition) is 0. The van der Waals surface area contributed by atoms with Gasteiger partial charge in [0.1, 0.15) is 0 Å². The summed E-state index contributed by atoms with van der Waals surface area (Å²) in [4.78, 5) is 2.54. The molecule has 1 unspecified atom stereocenters. The Hall–Kier alpha value is -0.0800. The van der Waals surface area contributed by atoms with Crippen LogP contribution < -0.4 is 0 Å². The van der Waals surface area contributed by atoms with E-state index in [2.05, 4.69) is 11.8 Å². The normalized spacial score (nSPS) is 32.5. The van der Waals surface area contributed by atoms with E-state index in [4.69, 9.17) is 4.74 Å². The highest BCUT2D eigenvalue weighted by molar-refractivity contribution is 4.81. The van der Waals surface area contributed by atoms with Gasteiger partial charge in [0.2, 0.25) is 0 Å². The van der Waals surface area contributed by atoms with Crippen molar-refractivity contribution in [3.05, 3.63) is 0 Å². The second-order valence-electron chi connectivity index (χ2n) is 4.42. The predicted molar refractivity (Wildman–Crippen MR) is 53.8 cm³/mol. The van der Waals surface area contributed by atoms with Crippen LogP contribution in [0.5, 0.6) is 0 Å². The van der Waals surface area contributed by atoms with Gasteiger partial charge < -0.3 is 9.64 Å². The van der Waals surface area contributed by atoms with Crippen LogP contribution in [0.15, 0.2) is 0 Å². The van der Waals surface area contributed by atoms with Gasteiger partial charge >= 0.3 is 0 Å². The van der Waals surface area contributed by atoms with Crippen LogP contribution >= 0.6 is 0 Å². The summed E-state index contributed by atoms with van der Waals surface area (Å²) in [5.74, 6) is 1.81. The standard InChI is InChI=1S/C11H21NO/c1-2-12-6-7-13-9-11(8-12)10-4-3-5-10/h10-11H,2-9H2,1H3. The van der Waals surface area contributed by atoms with Crippen LogP contribution in [0, 0.1) is 11.8 Å². The fourth-order valence-electron chi connectivity index (χ4n) is 2.39. The van der Waals surface area contributed by atoms with Crippen molar-refractivity contribution in [1.29, 1.82) is 0 Å². The van der Waals surface area contributed by atoms with E-state index in [-0.39, 0.29) is 0 Å². The van der Waals surface area contributed by atoms with Crippen molar-refractivity contribution >= 4 is 0 Å². The predicted octanol–water partition coefficient (Wildman–Crippen LogP) is 1.75. The molecule has 0 spiro atoms. The van der Waals surface area contributed by atoms with E-state index in [1.165, 1.54) is 32.4 Å². The summed E-state index contributed by atoms with van der Waals surface area (Å²) < 4.78 is 5.65. The summed E-state index contributed by atoms with van der Waals surface area (Å²) in [5, 5.41) is 0.